The van der Waals surface area contributed by atoms with E-state index in [-0.39, 0.29) is 23.7 Å². The summed E-state index contributed by atoms with van der Waals surface area (Å²) in [6.07, 6.45) is 0. The zero-order chi connectivity index (χ0) is 13.9. The third-order valence-electron chi connectivity index (χ3n) is 3.42. The molecule has 2 saturated heterocycles. The molecule has 0 radical (unpaired) electrons. The molecule has 0 aliphatic carbocycles. The first-order valence-corrected chi connectivity index (χ1v) is 8.48. The van der Waals surface area contributed by atoms with Gasteiger partial charge in [-0.2, -0.15) is 0 Å². The smallest absolute Gasteiger partial charge is 0.242 e. The van der Waals surface area contributed by atoms with E-state index in [9.17, 15) is 9.59 Å². The molecule has 0 saturated carbocycles. The number of nitrogens with zero attached hydrogens (tertiary/aromatic N) is 2. The average molecular weight is 312 g/mol. The highest BCUT2D eigenvalue weighted by Gasteiger charge is 2.35. The quantitative estimate of drug-likeness (QED) is 0.841. The molecule has 2 aliphatic heterocycles. The molecule has 5 nitrogen and oxygen atoms in total. The third kappa shape index (κ3) is 2.84. The van der Waals surface area contributed by atoms with E-state index in [1.807, 2.05) is 17.5 Å². The lowest BCUT2D eigenvalue weighted by molar-refractivity contribution is -0.141. The Kier molecular flexibility index (Phi) is 4.28. The zero-order valence-corrected chi connectivity index (χ0v) is 12.6. The number of carbonyl (C=O) groups is 2. The summed E-state index contributed by atoms with van der Waals surface area (Å²) in [7, 11) is 0. The predicted octanol–water partition coefficient (Wildman–Crippen LogP) is 1.18. The largest absolute Gasteiger partial charge is 0.378 e. The van der Waals surface area contributed by atoms with Gasteiger partial charge in [0.2, 0.25) is 11.8 Å². The molecule has 20 heavy (non-hydrogen) atoms. The van der Waals surface area contributed by atoms with Crippen LogP contribution in [0.5, 0.6) is 0 Å². The summed E-state index contributed by atoms with van der Waals surface area (Å²) in [4.78, 5) is 28.9. The Morgan fingerprint density at radius 3 is 2.90 bits per heavy atom. The van der Waals surface area contributed by atoms with Crippen molar-refractivity contribution in [3.05, 3.63) is 22.4 Å². The van der Waals surface area contributed by atoms with Gasteiger partial charge in [0.05, 0.1) is 19.0 Å². The molecule has 1 aromatic rings. The van der Waals surface area contributed by atoms with Crippen LogP contribution in [0.3, 0.4) is 0 Å². The van der Waals surface area contributed by atoms with E-state index in [1.165, 1.54) is 0 Å². The Labute approximate surface area is 125 Å². The maximum atomic E-state index is 12.3. The van der Waals surface area contributed by atoms with Crippen molar-refractivity contribution in [1.29, 1.82) is 0 Å². The summed E-state index contributed by atoms with van der Waals surface area (Å²) in [5.41, 5.74) is 0. The number of thioether (sulfide) groups is 1. The molecule has 1 aromatic heterocycles. The highest BCUT2D eigenvalue weighted by atomic mass is 32.2. The highest BCUT2D eigenvalue weighted by molar-refractivity contribution is 8.00. The van der Waals surface area contributed by atoms with E-state index in [0.717, 1.165) is 4.88 Å². The highest BCUT2D eigenvalue weighted by Crippen LogP contribution is 2.40. The number of carbonyl (C=O) groups excluding carboxylic acids is 2. The van der Waals surface area contributed by atoms with Crippen molar-refractivity contribution in [2.75, 3.05) is 38.6 Å². The Bertz CT molecular complexity index is 486. The summed E-state index contributed by atoms with van der Waals surface area (Å²) in [6, 6.07) is 4.00. The molecule has 0 N–H and O–H groups in total. The first-order chi connectivity index (χ1) is 9.75. The maximum Gasteiger partial charge on any atom is 0.242 e. The van der Waals surface area contributed by atoms with Gasteiger partial charge in [0, 0.05) is 18.0 Å². The summed E-state index contributed by atoms with van der Waals surface area (Å²) >= 11 is 3.23. The molecule has 3 heterocycles. The lowest BCUT2D eigenvalue weighted by Crippen LogP contribution is -2.46. The van der Waals surface area contributed by atoms with Gasteiger partial charge in [-0.3, -0.25) is 9.59 Å². The first kappa shape index (κ1) is 13.9. The van der Waals surface area contributed by atoms with Crippen LogP contribution in [0, 0.1) is 0 Å². The lowest BCUT2D eigenvalue weighted by Gasteiger charge is -2.30. The second-order valence-corrected chi connectivity index (χ2v) is 6.74. The molecule has 7 heteroatoms. The van der Waals surface area contributed by atoms with E-state index in [0.29, 0.717) is 32.1 Å². The summed E-state index contributed by atoms with van der Waals surface area (Å²) < 4.78 is 5.24. The minimum atomic E-state index is -0.00695. The van der Waals surface area contributed by atoms with Crippen molar-refractivity contribution in [2.45, 2.75) is 5.37 Å². The van der Waals surface area contributed by atoms with Gasteiger partial charge in [-0.05, 0) is 11.4 Å². The number of morpholine rings is 1. The minimum Gasteiger partial charge on any atom is -0.378 e. The van der Waals surface area contributed by atoms with Gasteiger partial charge in [0.25, 0.3) is 0 Å². The second-order valence-electron chi connectivity index (χ2n) is 4.69. The molecule has 0 bridgehead atoms. The first-order valence-electron chi connectivity index (χ1n) is 6.56. The van der Waals surface area contributed by atoms with Gasteiger partial charge >= 0.3 is 0 Å². The van der Waals surface area contributed by atoms with Gasteiger partial charge in [0.1, 0.15) is 11.9 Å². The fourth-order valence-corrected chi connectivity index (χ4v) is 4.52. The molecule has 0 unspecified atom stereocenters. The number of rotatable bonds is 3. The van der Waals surface area contributed by atoms with Crippen molar-refractivity contribution < 1.29 is 14.3 Å². The van der Waals surface area contributed by atoms with Crippen LogP contribution in [0.4, 0.5) is 0 Å². The predicted molar refractivity (Wildman–Crippen MR) is 78.6 cm³/mol. The molecule has 2 aliphatic rings. The van der Waals surface area contributed by atoms with Crippen molar-refractivity contribution in [3.63, 3.8) is 0 Å². The van der Waals surface area contributed by atoms with E-state index < -0.39 is 0 Å². The van der Waals surface area contributed by atoms with Crippen molar-refractivity contribution in [3.8, 4) is 0 Å². The number of ether oxygens (including phenoxy) is 1. The van der Waals surface area contributed by atoms with Crippen molar-refractivity contribution >= 4 is 34.9 Å². The van der Waals surface area contributed by atoms with Crippen LogP contribution in [0.15, 0.2) is 17.5 Å². The van der Waals surface area contributed by atoms with E-state index >= 15 is 0 Å². The molecular formula is C13H16N2O3S2. The van der Waals surface area contributed by atoms with Crippen LogP contribution in [-0.4, -0.2) is 60.2 Å². The van der Waals surface area contributed by atoms with Gasteiger partial charge in [-0.1, -0.05) is 6.07 Å². The van der Waals surface area contributed by atoms with Gasteiger partial charge in [-0.15, -0.1) is 23.1 Å². The van der Waals surface area contributed by atoms with Gasteiger partial charge in [-0.25, -0.2) is 0 Å². The summed E-state index contributed by atoms with van der Waals surface area (Å²) in [5.74, 6) is 0.527. The van der Waals surface area contributed by atoms with Crippen LogP contribution in [0.1, 0.15) is 10.3 Å². The Balaban J connectivity index is 1.67. The molecular weight excluding hydrogens is 296 g/mol. The Morgan fingerprint density at radius 2 is 2.20 bits per heavy atom. The maximum absolute atomic E-state index is 12.3. The number of hydrogen-bond donors (Lipinski definition) is 0. The fraction of sp³-hybridized carbons (Fsp3) is 0.538. The summed E-state index contributed by atoms with van der Waals surface area (Å²) in [5, 5.41) is 1.99. The molecule has 1 atom stereocenters. The molecule has 0 spiro atoms. The normalized spacial score (nSPS) is 23.4. The Hall–Kier alpha value is -1.05. The van der Waals surface area contributed by atoms with E-state index in [4.69, 9.17) is 4.74 Å². The molecule has 2 fully saturated rings. The monoisotopic (exact) mass is 312 g/mol. The SMILES string of the molecule is O=C(CN1C(=O)CS[C@H]1c1cccs1)N1CCOCC1. The van der Waals surface area contributed by atoms with Crippen LogP contribution in [0.25, 0.3) is 0 Å². The fourth-order valence-electron chi connectivity index (χ4n) is 2.35. The van der Waals surface area contributed by atoms with Crippen LogP contribution >= 0.6 is 23.1 Å². The number of hydrogen-bond acceptors (Lipinski definition) is 5. The molecule has 0 aromatic carbocycles. The standard InChI is InChI=1S/C13H16N2O3S2/c16-11(14-3-5-18-6-4-14)8-15-12(17)9-20-13(15)10-2-1-7-19-10/h1-2,7,13H,3-6,8-9H2/t13-/m0/s1. The number of thiophene rings is 1. The minimum absolute atomic E-state index is 0.00695. The average Bonchev–Trinajstić information content (AvgIpc) is 3.11. The lowest BCUT2D eigenvalue weighted by atomic mass is 10.3. The zero-order valence-electron chi connectivity index (χ0n) is 11.0. The third-order valence-corrected chi connectivity index (χ3v) is 5.74. The van der Waals surface area contributed by atoms with Crippen LogP contribution < -0.4 is 0 Å². The molecule has 2 amide bonds. The van der Waals surface area contributed by atoms with Gasteiger partial charge < -0.3 is 14.5 Å². The van der Waals surface area contributed by atoms with E-state index in [2.05, 4.69) is 0 Å². The Morgan fingerprint density at radius 1 is 1.40 bits per heavy atom. The van der Waals surface area contributed by atoms with E-state index in [1.54, 1.807) is 32.9 Å². The summed E-state index contributed by atoms with van der Waals surface area (Å²) in [6.45, 7) is 2.59. The molecule has 108 valence electrons. The number of amides is 2. The van der Waals surface area contributed by atoms with Crippen molar-refractivity contribution in [1.82, 2.24) is 9.80 Å². The molecule has 3 rings (SSSR count). The van der Waals surface area contributed by atoms with Crippen LogP contribution in [-0.2, 0) is 14.3 Å². The second kappa shape index (κ2) is 6.15. The topological polar surface area (TPSA) is 49.9 Å². The van der Waals surface area contributed by atoms with Gasteiger partial charge in [0.15, 0.2) is 0 Å². The van der Waals surface area contributed by atoms with Crippen molar-refractivity contribution in [2.24, 2.45) is 0 Å². The van der Waals surface area contributed by atoms with Crippen LogP contribution in [0.2, 0.25) is 0 Å².